The molecule has 2 heteroatoms. The molecule has 1 aromatic carbocycles. The molecule has 1 aliphatic heterocycles. The number of fused-ring (bicyclic) bond motifs is 1. The van der Waals surface area contributed by atoms with Gasteiger partial charge < -0.3 is 4.90 Å². The zero-order valence-corrected chi connectivity index (χ0v) is 13.5. The average Bonchev–Trinajstić information content (AvgIpc) is 2.56. The monoisotopic (exact) mass is 263 g/mol. The van der Waals surface area contributed by atoms with E-state index in [1.807, 2.05) is 52.6 Å². The Labute approximate surface area is 118 Å². The second-order valence-electron chi connectivity index (χ2n) is 4.47. The van der Waals surface area contributed by atoms with Gasteiger partial charge in [0.2, 0.25) is 5.91 Å². The van der Waals surface area contributed by atoms with E-state index in [-0.39, 0.29) is 11.8 Å². The second-order valence-corrected chi connectivity index (χ2v) is 4.47. The van der Waals surface area contributed by atoms with Gasteiger partial charge in [-0.1, -0.05) is 65.8 Å². The van der Waals surface area contributed by atoms with Crippen LogP contribution in [0.5, 0.6) is 0 Å². The molecule has 0 saturated carbocycles. The van der Waals surface area contributed by atoms with Crippen molar-refractivity contribution in [3.63, 3.8) is 0 Å². The molecule has 2 nitrogen and oxygen atoms in total. The van der Waals surface area contributed by atoms with E-state index in [1.165, 1.54) is 11.1 Å². The van der Waals surface area contributed by atoms with E-state index in [0.29, 0.717) is 5.92 Å². The minimum Gasteiger partial charge on any atom is -0.341 e. The van der Waals surface area contributed by atoms with E-state index in [0.717, 1.165) is 6.54 Å². The predicted octanol–water partition coefficient (Wildman–Crippen LogP) is 4.45. The highest BCUT2D eigenvalue weighted by atomic mass is 16.2. The van der Waals surface area contributed by atoms with Gasteiger partial charge in [-0.2, -0.15) is 0 Å². The summed E-state index contributed by atoms with van der Waals surface area (Å²) in [5.41, 5.74) is 2.60. The van der Waals surface area contributed by atoms with Gasteiger partial charge in [0.05, 0.1) is 0 Å². The van der Waals surface area contributed by atoms with Crippen LogP contribution < -0.4 is 0 Å². The Bertz CT molecular complexity index is 387. The van der Waals surface area contributed by atoms with E-state index in [4.69, 9.17) is 0 Å². The highest BCUT2D eigenvalue weighted by Gasteiger charge is 2.29. The Hall–Kier alpha value is -1.31. The van der Waals surface area contributed by atoms with Gasteiger partial charge in [0.1, 0.15) is 0 Å². The van der Waals surface area contributed by atoms with Gasteiger partial charge in [-0.3, -0.25) is 4.79 Å². The van der Waals surface area contributed by atoms with Crippen LogP contribution in [-0.2, 0) is 11.3 Å². The highest BCUT2D eigenvalue weighted by Crippen LogP contribution is 2.31. The summed E-state index contributed by atoms with van der Waals surface area (Å²) in [6, 6.07) is 8.36. The lowest BCUT2D eigenvalue weighted by Gasteiger charge is -2.19. The number of hydrogen-bond donors (Lipinski definition) is 0. The standard InChI is InChI=1S/C13H17NO.2C2H6/c1-9-10(2)13(15)14(3)8-11-6-4-5-7-12(9)11;2*1-2/h4-7,9-10H,8H2,1-3H3;2*1-2H3. The van der Waals surface area contributed by atoms with Crippen LogP contribution in [-0.4, -0.2) is 17.9 Å². The molecule has 1 aromatic rings. The van der Waals surface area contributed by atoms with Crippen LogP contribution in [0.25, 0.3) is 0 Å². The number of hydrogen-bond acceptors (Lipinski definition) is 1. The fourth-order valence-electron chi connectivity index (χ4n) is 2.29. The molecule has 0 aromatic heterocycles. The SMILES string of the molecule is CC.CC.CC1C(=O)N(C)Cc2ccccc2C1C. The van der Waals surface area contributed by atoms with Gasteiger partial charge in [-0.25, -0.2) is 0 Å². The van der Waals surface area contributed by atoms with Crippen molar-refractivity contribution in [1.82, 2.24) is 4.90 Å². The third-order valence-corrected chi connectivity index (χ3v) is 3.47. The smallest absolute Gasteiger partial charge is 0.226 e. The normalized spacial score (nSPS) is 21.2. The fourth-order valence-corrected chi connectivity index (χ4v) is 2.29. The predicted molar refractivity (Wildman–Crippen MR) is 83.2 cm³/mol. The van der Waals surface area contributed by atoms with E-state index >= 15 is 0 Å². The number of benzene rings is 1. The van der Waals surface area contributed by atoms with Crippen molar-refractivity contribution in [2.75, 3.05) is 7.05 Å². The van der Waals surface area contributed by atoms with Gasteiger partial charge in [0.15, 0.2) is 0 Å². The molecule has 2 unspecified atom stereocenters. The third-order valence-electron chi connectivity index (χ3n) is 3.47. The summed E-state index contributed by atoms with van der Waals surface area (Å²) in [4.78, 5) is 13.8. The van der Waals surface area contributed by atoms with Gasteiger partial charge in [0, 0.05) is 19.5 Å². The van der Waals surface area contributed by atoms with Crippen LogP contribution >= 0.6 is 0 Å². The van der Waals surface area contributed by atoms with Crippen LogP contribution in [0.2, 0.25) is 0 Å². The Morgan fingerprint density at radius 2 is 1.53 bits per heavy atom. The van der Waals surface area contributed by atoms with Crippen molar-refractivity contribution in [1.29, 1.82) is 0 Å². The number of nitrogens with zero attached hydrogens (tertiary/aromatic N) is 1. The number of rotatable bonds is 0. The molecule has 0 spiro atoms. The molecule has 2 rings (SSSR count). The lowest BCUT2D eigenvalue weighted by molar-refractivity contribution is -0.134. The van der Waals surface area contributed by atoms with E-state index in [9.17, 15) is 4.79 Å². The molecule has 0 fully saturated rings. The molecule has 1 heterocycles. The van der Waals surface area contributed by atoms with Crippen LogP contribution in [0.15, 0.2) is 24.3 Å². The number of amides is 1. The fraction of sp³-hybridized carbons (Fsp3) is 0.588. The minimum atomic E-state index is 0.0821. The maximum Gasteiger partial charge on any atom is 0.226 e. The summed E-state index contributed by atoms with van der Waals surface area (Å²) >= 11 is 0. The summed E-state index contributed by atoms with van der Waals surface area (Å²) < 4.78 is 0. The highest BCUT2D eigenvalue weighted by molar-refractivity contribution is 5.80. The molecule has 0 N–H and O–H groups in total. The lowest BCUT2D eigenvalue weighted by Crippen LogP contribution is -2.30. The van der Waals surface area contributed by atoms with Crippen molar-refractivity contribution >= 4 is 5.91 Å². The lowest BCUT2D eigenvalue weighted by atomic mass is 9.87. The van der Waals surface area contributed by atoms with Crippen molar-refractivity contribution in [3.05, 3.63) is 35.4 Å². The van der Waals surface area contributed by atoms with E-state index in [1.54, 1.807) is 0 Å². The van der Waals surface area contributed by atoms with Crippen molar-refractivity contribution in [2.24, 2.45) is 5.92 Å². The first-order valence-electron chi connectivity index (χ1n) is 7.44. The largest absolute Gasteiger partial charge is 0.341 e. The second kappa shape index (κ2) is 8.73. The Morgan fingerprint density at radius 3 is 2.11 bits per heavy atom. The number of carbonyl (C=O) groups excluding carboxylic acids is 1. The first-order chi connectivity index (χ1) is 9.11. The van der Waals surface area contributed by atoms with Gasteiger partial charge in [0.25, 0.3) is 0 Å². The van der Waals surface area contributed by atoms with E-state index in [2.05, 4.69) is 25.1 Å². The van der Waals surface area contributed by atoms with Gasteiger partial charge >= 0.3 is 0 Å². The summed E-state index contributed by atoms with van der Waals surface area (Å²) in [6.45, 7) is 12.9. The minimum absolute atomic E-state index is 0.0821. The zero-order chi connectivity index (χ0) is 15.0. The van der Waals surface area contributed by atoms with Crippen LogP contribution in [0.3, 0.4) is 0 Å². The molecule has 0 aliphatic carbocycles. The summed E-state index contributed by atoms with van der Waals surface area (Å²) in [7, 11) is 1.88. The summed E-state index contributed by atoms with van der Waals surface area (Å²) in [5.74, 6) is 0.649. The molecule has 0 saturated heterocycles. The Kier molecular flexibility index (Phi) is 8.13. The van der Waals surface area contributed by atoms with Crippen molar-refractivity contribution in [2.45, 2.75) is 54.0 Å². The molecule has 1 aliphatic rings. The molecule has 108 valence electrons. The third kappa shape index (κ3) is 4.09. The van der Waals surface area contributed by atoms with Crippen LogP contribution in [0, 0.1) is 5.92 Å². The maximum atomic E-state index is 11.9. The topological polar surface area (TPSA) is 20.3 Å². The molecule has 19 heavy (non-hydrogen) atoms. The molecular weight excluding hydrogens is 234 g/mol. The summed E-state index contributed by atoms with van der Waals surface area (Å²) in [5, 5.41) is 0. The molecule has 1 amide bonds. The number of carbonyl (C=O) groups is 1. The zero-order valence-electron chi connectivity index (χ0n) is 13.5. The summed E-state index contributed by atoms with van der Waals surface area (Å²) in [6.07, 6.45) is 0. The van der Waals surface area contributed by atoms with Gasteiger partial charge in [-0.05, 0) is 17.0 Å². The molecule has 0 bridgehead atoms. The first-order valence-corrected chi connectivity index (χ1v) is 7.44. The quantitative estimate of drug-likeness (QED) is 0.677. The Balaban J connectivity index is 0.000000741. The average molecular weight is 263 g/mol. The van der Waals surface area contributed by atoms with Gasteiger partial charge in [-0.15, -0.1) is 0 Å². The van der Waals surface area contributed by atoms with Crippen molar-refractivity contribution in [3.8, 4) is 0 Å². The molecule has 2 atom stereocenters. The maximum absolute atomic E-state index is 11.9. The Morgan fingerprint density at radius 1 is 1.00 bits per heavy atom. The van der Waals surface area contributed by atoms with Crippen LogP contribution in [0.1, 0.15) is 58.6 Å². The first kappa shape index (κ1) is 17.7. The van der Waals surface area contributed by atoms with Crippen molar-refractivity contribution < 1.29 is 4.79 Å². The molecular formula is C17H29NO. The van der Waals surface area contributed by atoms with E-state index < -0.39 is 0 Å². The molecule has 0 radical (unpaired) electrons. The van der Waals surface area contributed by atoms with Crippen LogP contribution in [0.4, 0.5) is 0 Å².